The van der Waals surface area contributed by atoms with E-state index in [2.05, 4.69) is 27.3 Å². The first kappa shape index (κ1) is 15.6. The number of halogens is 1. The number of carbonyl (C=O) groups is 1. The van der Waals surface area contributed by atoms with E-state index in [0.717, 1.165) is 16.8 Å². The molecule has 0 aromatic carbocycles. The molecule has 0 radical (unpaired) electrons. The first-order valence-electron chi connectivity index (χ1n) is 5.80. The number of thiophene rings is 1. The van der Waals surface area contributed by atoms with Crippen molar-refractivity contribution in [3.05, 3.63) is 20.8 Å². The molecule has 1 heterocycles. The second-order valence-corrected chi connectivity index (χ2v) is 6.62. The van der Waals surface area contributed by atoms with E-state index in [0.29, 0.717) is 19.7 Å². The largest absolute Gasteiger partial charge is 0.385 e. The Bertz CT molecular complexity index is 371. The number of likely N-dealkylation sites (N-methyl/N-ethyl adjacent to an activating group) is 1. The smallest absolute Gasteiger partial charge is 0.234 e. The van der Waals surface area contributed by atoms with Crippen LogP contribution in [0, 0.1) is 0 Å². The molecule has 0 fully saturated rings. The van der Waals surface area contributed by atoms with Crippen molar-refractivity contribution in [3.63, 3.8) is 0 Å². The van der Waals surface area contributed by atoms with Gasteiger partial charge in [-0.3, -0.25) is 9.69 Å². The highest BCUT2D eigenvalue weighted by molar-refractivity contribution is 9.11. The maximum atomic E-state index is 11.6. The molecule has 0 aliphatic rings. The molecule has 0 aliphatic heterocycles. The monoisotopic (exact) mass is 334 g/mol. The van der Waals surface area contributed by atoms with Crippen LogP contribution < -0.4 is 5.32 Å². The van der Waals surface area contributed by atoms with Gasteiger partial charge in [-0.25, -0.2) is 0 Å². The van der Waals surface area contributed by atoms with Gasteiger partial charge in [-0.05, 0) is 41.5 Å². The van der Waals surface area contributed by atoms with Gasteiger partial charge in [0.2, 0.25) is 5.91 Å². The normalized spacial score (nSPS) is 10.9. The van der Waals surface area contributed by atoms with Crippen molar-refractivity contribution in [1.82, 2.24) is 10.2 Å². The minimum atomic E-state index is 0.0595. The summed E-state index contributed by atoms with van der Waals surface area (Å²) in [6, 6.07) is 4.10. The minimum Gasteiger partial charge on any atom is -0.385 e. The zero-order valence-corrected chi connectivity index (χ0v) is 13.1. The summed E-state index contributed by atoms with van der Waals surface area (Å²) in [5.74, 6) is 0.0595. The Morgan fingerprint density at radius 3 is 2.94 bits per heavy atom. The lowest BCUT2D eigenvalue weighted by Gasteiger charge is -2.15. The van der Waals surface area contributed by atoms with E-state index in [1.54, 1.807) is 18.4 Å². The molecule has 1 N–H and O–H groups in total. The number of hydrogen-bond acceptors (Lipinski definition) is 4. The van der Waals surface area contributed by atoms with Gasteiger partial charge in [0.1, 0.15) is 0 Å². The molecule has 4 nitrogen and oxygen atoms in total. The Labute approximate surface area is 120 Å². The molecule has 0 saturated carbocycles. The molecule has 1 aromatic heterocycles. The maximum Gasteiger partial charge on any atom is 0.234 e. The molecule has 0 aliphatic carbocycles. The third-order valence-corrected chi connectivity index (χ3v) is 3.92. The number of nitrogens with zero attached hydrogens (tertiary/aromatic N) is 1. The van der Waals surface area contributed by atoms with Gasteiger partial charge in [-0.2, -0.15) is 0 Å². The van der Waals surface area contributed by atoms with Crippen LogP contribution in [0.1, 0.15) is 11.3 Å². The second-order valence-electron chi connectivity index (χ2n) is 4.07. The van der Waals surface area contributed by atoms with E-state index in [9.17, 15) is 4.79 Å². The van der Waals surface area contributed by atoms with Crippen LogP contribution in [0.25, 0.3) is 0 Å². The van der Waals surface area contributed by atoms with Crippen LogP contribution in [0.4, 0.5) is 0 Å². The third kappa shape index (κ3) is 6.49. The molecule has 0 atom stereocenters. The first-order valence-corrected chi connectivity index (χ1v) is 7.41. The number of ether oxygens (including phenoxy) is 1. The van der Waals surface area contributed by atoms with Gasteiger partial charge in [0, 0.05) is 31.7 Å². The van der Waals surface area contributed by atoms with Crippen LogP contribution in [0.2, 0.25) is 0 Å². The van der Waals surface area contributed by atoms with Crippen LogP contribution in [0.3, 0.4) is 0 Å². The van der Waals surface area contributed by atoms with E-state index in [1.807, 2.05) is 18.0 Å². The Morgan fingerprint density at radius 2 is 2.33 bits per heavy atom. The molecule has 1 rings (SSSR count). The SMILES string of the molecule is COCCCNC(=O)CN(C)Cc1ccc(Br)s1. The predicted octanol–water partition coefficient (Wildman–Crippen LogP) is 2.10. The molecule has 102 valence electrons. The molecule has 0 bridgehead atoms. The van der Waals surface area contributed by atoms with Gasteiger partial charge in [-0.15, -0.1) is 11.3 Å². The Hall–Kier alpha value is -0.430. The average molecular weight is 335 g/mol. The fourth-order valence-corrected chi connectivity index (χ4v) is 3.07. The predicted molar refractivity (Wildman–Crippen MR) is 77.9 cm³/mol. The molecular formula is C12H19BrN2O2S. The summed E-state index contributed by atoms with van der Waals surface area (Å²) in [6.45, 7) is 2.56. The van der Waals surface area contributed by atoms with Crippen LogP contribution in [0.15, 0.2) is 15.9 Å². The van der Waals surface area contributed by atoms with E-state index in [-0.39, 0.29) is 5.91 Å². The minimum absolute atomic E-state index is 0.0595. The standard InChI is InChI=1S/C12H19BrN2O2S/c1-15(8-10-4-5-11(13)18-10)9-12(16)14-6-3-7-17-2/h4-5H,3,6-9H2,1-2H3,(H,14,16). The lowest BCUT2D eigenvalue weighted by molar-refractivity contribution is -0.122. The highest BCUT2D eigenvalue weighted by Gasteiger charge is 2.07. The highest BCUT2D eigenvalue weighted by Crippen LogP contribution is 2.22. The zero-order chi connectivity index (χ0) is 13.4. The molecule has 0 spiro atoms. The summed E-state index contributed by atoms with van der Waals surface area (Å²) in [7, 11) is 3.61. The topological polar surface area (TPSA) is 41.6 Å². The molecular weight excluding hydrogens is 316 g/mol. The Morgan fingerprint density at radius 1 is 1.56 bits per heavy atom. The molecule has 0 saturated heterocycles. The van der Waals surface area contributed by atoms with Gasteiger partial charge in [0.05, 0.1) is 10.3 Å². The van der Waals surface area contributed by atoms with Crippen LogP contribution in [0.5, 0.6) is 0 Å². The summed E-state index contributed by atoms with van der Waals surface area (Å²) < 4.78 is 6.04. The van der Waals surface area contributed by atoms with E-state index < -0.39 is 0 Å². The van der Waals surface area contributed by atoms with Crippen LogP contribution in [-0.2, 0) is 16.1 Å². The molecule has 18 heavy (non-hydrogen) atoms. The number of nitrogens with one attached hydrogen (secondary N) is 1. The summed E-state index contributed by atoms with van der Waals surface area (Å²) in [4.78, 5) is 14.9. The van der Waals surface area contributed by atoms with Crippen molar-refractivity contribution < 1.29 is 9.53 Å². The number of rotatable bonds is 8. The fourth-order valence-electron chi connectivity index (χ4n) is 1.50. The zero-order valence-electron chi connectivity index (χ0n) is 10.7. The van der Waals surface area contributed by atoms with Gasteiger partial charge in [0.15, 0.2) is 0 Å². The fraction of sp³-hybridized carbons (Fsp3) is 0.583. The van der Waals surface area contributed by atoms with Gasteiger partial charge < -0.3 is 10.1 Å². The van der Waals surface area contributed by atoms with Crippen molar-refractivity contribution in [1.29, 1.82) is 0 Å². The first-order chi connectivity index (χ1) is 8.61. The molecule has 0 unspecified atom stereocenters. The van der Waals surface area contributed by atoms with Gasteiger partial charge >= 0.3 is 0 Å². The lowest BCUT2D eigenvalue weighted by Crippen LogP contribution is -2.35. The summed E-state index contributed by atoms with van der Waals surface area (Å²) >= 11 is 5.13. The van der Waals surface area contributed by atoms with E-state index in [1.165, 1.54) is 4.88 Å². The van der Waals surface area contributed by atoms with E-state index >= 15 is 0 Å². The van der Waals surface area contributed by atoms with Crippen LogP contribution in [-0.4, -0.2) is 44.7 Å². The number of amides is 1. The Balaban J connectivity index is 2.19. The van der Waals surface area contributed by atoms with Crippen LogP contribution >= 0.6 is 27.3 Å². The second kappa shape index (κ2) is 8.63. The molecule has 1 amide bonds. The van der Waals surface area contributed by atoms with Gasteiger partial charge in [0.25, 0.3) is 0 Å². The number of hydrogen-bond donors (Lipinski definition) is 1. The van der Waals surface area contributed by atoms with Crippen molar-refractivity contribution in [2.45, 2.75) is 13.0 Å². The van der Waals surface area contributed by atoms with Crippen molar-refractivity contribution >= 4 is 33.2 Å². The molecule has 1 aromatic rings. The van der Waals surface area contributed by atoms with E-state index in [4.69, 9.17) is 4.74 Å². The van der Waals surface area contributed by atoms with Crippen molar-refractivity contribution in [3.8, 4) is 0 Å². The molecule has 6 heteroatoms. The number of methoxy groups -OCH3 is 1. The average Bonchev–Trinajstić information content (AvgIpc) is 2.70. The quantitative estimate of drug-likeness (QED) is 0.740. The Kier molecular flexibility index (Phi) is 7.50. The third-order valence-electron chi connectivity index (χ3n) is 2.32. The van der Waals surface area contributed by atoms with Gasteiger partial charge in [-0.1, -0.05) is 0 Å². The summed E-state index contributed by atoms with van der Waals surface area (Å²) in [5.41, 5.74) is 0. The summed E-state index contributed by atoms with van der Waals surface area (Å²) in [6.07, 6.45) is 0.851. The number of carbonyl (C=O) groups excluding carboxylic acids is 1. The maximum absolute atomic E-state index is 11.6. The highest BCUT2D eigenvalue weighted by atomic mass is 79.9. The lowest BCUT2D eigenvalue weighted by atomic mass is 10.4. The van der Waals surface area contributed by atoms with Crippen molar-refractivity contribution in [2.24, 2.45) is 0 Å². The summed E-state index contributed by atoms with van der Waals surface area (Å²) in [5, 5.41) is 2.87. The van der Waals surface area contributed by atoms with Crippen molar-refractivity contribution in [2.75, 3.05) is 33.9 Å².